The van der Waals surface area contributed by atoms with Crippen molar-refractivity contribution in [3.05, 3.63) is 32.3 Å². The number of anilines is 1. The van der Waals surface area contributed by atoms with Gasteiger partial charge in [-0.3, -0.25) is 9.36 Å². The van der Waals surface area contributed by atoms with Crippen molar-refractivity contribution in [1.82, 2.24) is 14.8 Å². The highest BCUT2D eigenvalue weighted by Gasteiger charge is 2.25. The summed E-state index contributed by atoms with van der Waals surface area (Å²) in [4.78, 5) is 27.5. The monoisotopic (exact) mass is 534 g/mol. The van der Waals surface area contributed by atoms with Gasteiger partial charge in [-0.1, -0.05) is 25.6 Å². The zero-order chi connectivity index (χ0) is 24.9. The molecule has 0 spiro atoms. The number of hydrogen-bond donors (Lipinski definition) is 1. The molecule has 0 aromatic carbocycles. The van der Waals surface area contributed by atoms with Gasteiger partial charge >= 0.3 is 5.97 Å². The standard InChI is InChI=1S/C24H30N4O4S3/c1-5-17-10-15(12-33-17)21-26-27-24(28(21)11-16-8-7-9-32-16)34-13-19(29)25-22-20(23(30)31-4)18(6-2)14(3)35-22/h10,12,16H,5-9,11,13H2,1-4H3,(H,25,29). The minimum Gasteiger partial charge on any atom is -0.465 e. The van der Waals surface area contributed by atoms with Crippen LogP contribution in [0.4, 0.5) is 5.00 Å². The molecule has 1 aliphatic heterocycles. The average molecular weight is 535 g/mol. The molecule has 1 saturated heterocycles. The van der Waals surface area contributed by atoms with Crippen molar-refractivity contribution < 1.29 is 19.1 Å². The van der Waals surface area contributed by atoms with Gasteiger partial charge in [-0.15, -0.1) is 32.9 Å². The molecule has 1 unspecified atom stereocenters. The molecule has 1 atom stereocenters. The predicted octanol–water partition coefficient (Wildman–Crippen LogP) is 5.20. The van der Waals surface area contributed by atoms with E-state index in [9.17, 15) is 9.59 Å². The largest absolute Gasteiger partial charge is 0.465 e. The lowest BCUT2D eigenvalue weighted by atomic mass is 10.1. The van der Waals surface area contributed by atoms with E-state index in [4.69, 9.17) is 9.47 Å². The molecule has 3 aromatic rings. The van der Waals surface area contributed by atoms with Crippen LogP contribution in [0.5, 0.6) is 0 Å². The maximum atomic E-state index is 12.9. The first kappa shape index (κ1) is 25.9. The molecule has 8 nitrogen and oxygen atoms in total. The second-order valence-corrected chi connectivity index (χ2v) is 11.4. The summed E-state index contributed by atoms with van der Waals surface area (Å²) in [7, 11) is 1.35. The fourth-order valence-corrected chi connectivity index (χ4v) is 6.86. The van der Waals surface area contributed by atoms with Crippen LogP contribution in [0.15, 0.2) is 16.6 Å². The van der Waals surface area contributed by atoms with Crippen LogP contribution in [0.25, 0.3) is 11.4 Å². The Labute approximate surface area is 217 Å². The first-order valence-corrected chi connectivity index (χ1v) is 14.4. The lowest BCUT2D eigenvalue weighted by molar-refractivity contribution is -0.113. The van der Waals surface area contributed by atoms with E-state index in [1.54, 1.807) is 11.3 Å². The van der Waals surface area contributed by atoms with Gasteiger partial charge in [0.15, 0.2) is 11.0 Å². The number of thiophene rings is 2. The van der Waals surface area contributed by atoms with Gasteiger partial charge in [0.1, 0.15) is 5.00 Å². The molecule has 11 heteroatoms. The van der Waals surface area contributed by atoms with E-state index < -0.39 is 5.97 Å². The molecular formula is C24H30N4O4S3. The van der Waals surface area contributed by atoms with E-state index in [-0.39, 0.29) is 17.8 Å². The first-order chi connectivity index (χ1) is 16.9. The molecule has 35 heavy (non-hydrogen) atoms. The van der Waals surface area contributed by atoms with Crippen molar-refractivity contribution in [2.75, 3.05) is 24.8 Å². The molecule has 4 rings (SSSR count). The lowest BCUT2D eigenvalue weighted by Crippen LogP contribution is -2.18. The van der Waals surface area contributed by atoms with E-state index >= 15 is 0 Å². The van der Waals surface area contributed by atoms with Crippen LogP contribution in [0.3, 0.4) is 0 Å². The number of aryl methyl sites for hydroxylation is 2. The molecule has 0 aliphatic carbocycles. The van der Waals surface area contributed by atoms with Crippen LogP contribution in [0.1, 0.15) is 52.4 Å². The number of thioether (sulfide) groups is 1. The average Bonchev–Trinajstić information content (AvgIpc) is 3.64. The van der Waals surface area contributed by atoms with E-state index in [0.29, 0.717) is 28.7 Å². The third-order valence-corrected chi connectivity index (χ3v) is 9.04. The summed E-state index contributed by atoms with van der Waals surface area (Å²) < 4.78 is 12.9. The minimum atomic E-state index is -0.433. The summed E-state index contributed by atoms with van der Waals surface area (Å²) in [5, 5.41) is 15.1. The Morgan fingerprint density at radius 2 is 2.14 bits per heavy atom. The summed E-state index contributed by atoms with van der Waals surface area (Å²) in [5.74, 6) is 0.305. The fraction of sp³-hybridized carbons (Fsp3) is 0.500. The van der Waals surface area contributed by atoms with Crippen molar-refractivity contribution in [2.24, 2.45) is 0 Å². The van der Waals surface area contributed by atoms with Gasteiger partial charge in [0.25, 0.3) is 0 Å². The van der Waals surface area contributed by atoms with Gasteiger partial charge in [-0.05, 0) is 44.2 Å². The Bertz CT molecular complexity index is 1190. The zero-order valence-corrected chi connectivity index (χ0v) is 22.8. The smallest absolute Gasteiger partial charge is 0.341 e. The molecule has 0 bridgehead atoms. The molecule has 3 aromatic heterocycles. The Balaban J connectivity index is 1.51. The first-order valence-electron chi connectivity index (χ1n) is 11.7. The second kappa shape index (κ2) is 11.7. The normalized spacial score (nSPS) is 15.5. The number of methoxy groups -OCH3 is 1. The highest BCUT2D eigenvalue weighted by Crippen LogP contribution is 2.34. The number of carbonyl (C=O) groups is 2. The molecule has 1 amide bonds. The number of esters is 1. The summed E-state index contributed by atoms with van der Waals surface area (Å²) in [6, 6.07) is 2.15. The maximum absolute atomic E-state index is 12.9. The third-order valence-electron chi connectivity index (χ3n) is 5.92. The van der Waals surface area contributed by atoms with E-state index in [1.807, 2.05) is 13.8 Å². The van der Waals surface area contributed by atoms with Crippen LogP contribution in [0, 0.1) is 6.92 Å². The van der Waals surface area contributed by atoms with Crippen LogP contribution >= 0.6 is 34.4 Å². The van der Waals surface area contributed by atoms with Gasteiger partial charge in [0.05, 0.1) is 31.1 Å². The molecular weight excluding hydrogens is 504 g/mol. The molecule has 0 saturated carbocycles. The van der Waals surface area contributed by atoms with Crippen LogP contribution < -0.4 is 5.32 Å². The van der Waals surface area contributed by atoms with Crippen LogP contribution in [0.2, 0.25) is 0 Å². The molecule has 188 valence electrons. The quantitative estimate of drug-likeness (QED) is 0.282. The van der Waals surface area contributed by atoms with E-state index in [1.165, 1.54) is 35.1 Å². The minimum absolute atomic E-state index is 0.117. The third kappa shape index (κ3) is 5.79. The van der Waals surface area contributed by atoms with Gasteiger partial charge in [-0.2, -0.15) is 0 Å². The number of nitrogens with one attached hydrogen (secondary N) is 1. The highest BCUT2D eigenvalue weighted by atomic mass is 32.2. The second-order valence-electron chi connectivity index (χ2n) is 8.23. The number of aromatic nitrogens is 3. The van der Waals surface area contributed by atoms with Gasteiger partial charge in [0, 0.05) is 27.3 Å². The van der Waals surface area contributed by atoms with E-state index in [2.05, 4.69) is 38.5 Å². The fourth-order valence-electron chi connectivity index (χ4n) is 4.15. The Morgan fingerprint density at radius 3 is 2.80 bits per heavy atom. The topological polar surface area (TPSA) is 95.3 Å². The summed E-state index contributed by atoms with van der Waals surface area (Å²) >= 11 is 4.45. The van der Waals surface area contributed by atoms with Gasteiger partial charge < -0.3 is 14.8 Å². The Kier molecular flexibility index (Phi) is 8.64. The number of hydrogen-bond acceptors (Lipinski definition) is 9. The maximum Gasteiger partial charge on any atom is 0.341 e. The molecule has 1 aliphatic rings. The van der Waals surface area contributed by atoms with Gasteiger partial charge in [0.2, 0.25) is 5.91 Å². The highest BCUT2D eigenvalue weighted by molar-refractivity contribution is 7.99. The lowest BCUT2D eigenvalue weighted by Gasteiger charge is -2.14. The van der Waals surface area contributed by atoms with Crippen molar-refractivity contribution in [3.63, 3.8) is 0 Å². The number of nitrogens with zero attached hydrogens (tertiary/aromatic N) is 3. The summed E-state index contributed by atoms with van der Waals surface area (Å²) in [5.41, 5.74) is 2.40. The Morgan fingerprint density at radius 1 is 1.31 bits per heavy atom. The molecule has 1 N–H and O–H groups in total. The zero-order valence-electron chi connectivity index (χ0n) is 20.4. The van der Waals surface area contributed by atoms with Gasteiger partial charge in [-0.25, -0.2) is 4.79 Å². The van der Waals surface area contributed by atoms with Crippen molar-refractivity contribution >= 4 is 51.3 Å². The number of amides is 1. The Hall–Kier alpha value is -2.21. The molecule has 4 heterocycles. The predicted molar refractivity (Wildman–Crippen MR) is 141 cm³/mol. The summed E-state index contributed by atoms with van der Waals surface area (Å²) in [6.45, 7) is 7.49. The van der Waals surface area contributed by atoms with Crippen LogP contribution in [-0.2, 0) is 33.7 Å². The summed E-state index contributed by atoms with van der Waals surface area (Å²) in [6.07, 6.45) is 3.83. The van der Waals surface area contributed by atoms with Crippen LogP contribution in [-0.4, -0.2) is 52.2 Å². The SMILES string of the molecule is CCc1cc(-c2nnc(SCC(=O)Nc3sc(C)c(CC)c3C(=O)OC)n2CC2CCCO2)cs1. The number of ether oxygens (including phenoxy) is 2. The number of carbonyl (C=O) groups excluding carboxylic acids is 2. The van der Waals surface area contributed by atoms with E-state index in [0.717, 1.165) is 47.7 Å². The van der Waals surface area contributed by atoms with Crippen molar-refractivity contribution in [2.45, 2.75) is 64.3 Å². The van der Waals surface area contributed by atoms with Crippen molar-refractivity contribution in [1.29, 1.82) is 0 Å². The van der Waals surface area contributed by atoms with Crippen molar-refractivity contribution in [3.8, 4) is 11.4 Å². The number of rotatable bonds is 10. The molecule has 0 radical (unpaired) electrons. The molecule has 1 fully saturated rings.